The van der Waals surface area contributed by atoms with Gasteiger partial charge in [0.1, 0.15) is 5.82 Å². The summed E-state index contributed by atoms with van der Waals surface area (Å²) in [5.41, 5.74) is 3.24. The summed E-state index contributed by atoms with van der Waals surface area (Å²) < 4.78 is 12.9. The molecule has 3 heteroatoms. The van der Waals surface area contributed by atoms with Crippen LogP contribution in [0.5, 0.6) is 0 Å². The summed E-state index contributed by atoms with van der Waals surface area (Å²) in [7, 11) is 0. The predicted molar refractivity (Wildman–Crippen MR) is 79.8 cm³/mol. The van der Waals surface area contributed by atoms with Crippen molar-refractivity contribution >= 4 is 23.2 Å². The van der Waals surface area contributed by atoms with Gasteiger partial charge in [-0.1, -0.05) is 35.9 Å². The molecule has 0 N–H and O–H groups in total. The van der Waals surface area contributed by atoms with E-state index in [0.717, 1.165) is 28.1 Å². The van der Waals surface area contributed by atoms with E-state index in [1.165, 1.54) is 12.1 Å². The molecule has 100 valence electrons. The summed E-state index contributed by atoms with van der Waals surface area (Å²) in [6.45, 7) is 2.01. The first-order valence-corrected chi connectivity index (χ1v) is 7.08. The zero-order chi connectivity index (χ0) is 13.8. The van der Waals surface area contributed by atoms with E-state index in [2.05, 4.69) is 0 Å². The molecule has 0 saturated heterocycles. The molecular formula is C16H15Cl2F. The van der Waals surface area contributed by atoms with Gasteiger partial charge in [-0.25, -0.2) is 4.39 Å². The molecule has 0 fully saturated rings. The highest BCUT2D eigenvalue weighted by Crippen LogP contribution is 2.27. The van der Waals surface area contributed by atoms with Crippen molar-refractivity contribution in [2.45, 2.75) is 19.3 Å². The van der Waals surface area contributed by atoms with Gasteiger partial charge in [-0.15, -0.1) is 11.6 Å². The second kappa shape index (κ2) is 6.40. The zero-order valence-electron chi connectivity index (χ0n) is 10.7. The van der Waals surface area contributed by atoms with Gasteiger partial charge in [0.2, 0.25) is 0 Å². The molecule has 2 aromatic rings. The summed E-state index contributed by atoms with van der Waals surface area (Å²) in [6.07, 6.45) is 0.758. The van der Waals surface area contributed by atoms with Crippen molar-refractivity contribution in [1.82, 2.24) is 0 Å². The van der Waals surface area contributed by atoms with Crippen molar-refractivity contribution in [3.63, 3.8) is 0 Å². The minimum atomic E-state index is -0.231. The molecule has 2 rings (SSSR count). The summed E-state index contributed by atoms with van der Waals surface area (Å²) in [6, 6.07) is 12.5. The molecule has 19 heavy (non-hydrogen) atoms. The van der Waals surface area contributed by atoms with Gasteiger partial charge in [0.25, 0.3) is 0 Å². The van der Waals surface area contributed by atoms with Crippen LogP contribution < -0.4 is 0 Å². The van der Waals surface area contributed by atoms with Crippen molar-refractivity contribution in [2.24, 2.45) is 0 Å². The Hall–Kier alpha value is -1.05. The van der Waals surface area contributed by atoms with Crippen molar-refractivity contribution < 1.29 is 4.39 Å². The van der Waals surface area contributed by atoms with Gasteiger partial charge in [0, 0.05) is 16.8 Å². The standard InChI is InChI=1S/C16H15Cl2F/c1-11-2-3-13(16(18)8-11)9-14(10-17)12-4-6-15(19)7-5-12/h2-8,14H,9-10H2,1H3. The minimum absolute atomic E-state index is 0.141. The molecule has 0 nitrogen and oxygen atoms in total. The normalized spacial score (nSPS) is 12.4. The fraction of sp³-hybridized carbons (Fsp3) is 0.250. The highest BCUT2D eigenvalue weighted by atomic mass is 35.5. The first-order valence-electron chi connectivity index (χ1n) is 6.16. The summed E-state index contributed by atoms with van der Waals surface area (Å²) in [5, 5.41) is 0.761. The van der Waals surface area contributed by atoms with Crippen LogP contribution in [-0.2, 0) is 6.42 Å². The van der Waals surface area contributed by atoms with Gasteiger partial charge in [-0.2, -0.15) is 0 Å². The first-order chi connectivity index (χ1) is 9.10. The van der Waals surface area contributed by atoms with Crippen molar-refractivity contribution in [1.29, 1.82) is 0 Å². The van der Waals surface area contributed by atoms with Crippen LogP contribution in [0.4, 0.5) is 4.39 Å². The third kappa shape index (κ3) is 3.71. The Morgan fingerprint density at radius 1 is 1.11 bits per heavy atom. The van der Waals surface area contributed by atoms with Crippen LogP contribution in [0.3, 0.4) is 0 Å². The molecule has 0 aliphatic heterocycles. The van der Waals surface area contributed by atoms with Crippen LogP contribution >= 0.6 is 23.2 Å². The number of rotatable bonds is 4. The lowest BCUT2D eigenvalue weighted by molar-refractivity contribution is 0.625. The average Bonchev–Trinajstić information content (AvgIpc) is 2.39. The van der Waals surface area contributed by atoms with E-state index in [0.29, 0.717) is 5.88 Å². The van der Waals surface area contributed by atoms with Crippen LogP contribution in [-0.4, -0.2) is 5.88 Å². The molecule has 0 amide bonds. The van der Waals surface area contributed by atoms with E-state index in [1.54, 1.807) is 12.1 Å². The summed E-state index contributed by atoms with van der Waals surface area (Å²) in [4.78, 5) is 0. The molecule has 0 heterocycles. The van der Waals surface area contributed by atoms with Gasteiger partial charge in [-0.05, 0) is 48.2 Å². The Morgan fingerprint density at radius 3 is 2.37 bits per heavy atom. The number of aryl methyl sites for hydroxylation is 1. The average molecular weight is 297 g/mol. The maximum Gasteiger partial charge on any atom is 0.123 e. The SMILES string of the molecule is Cc1ccc(CC(CCl)c2ccc(F)cc2)c(Cl)c1. The number of benzene rings is 2. The molecule has 0 aliphatic rings. The number of halogens is 3. The lowest BCUT2D eigenvalue weighted by atomic mass is 9.93. The van der Waals surface area contributed by atoms with Gasteiger partial charge in [-0.3, -0.25) is 0 Å². The number of hydrogen-bond donors (Lipinski definition) is 0. The van der Waals surface area contributed by atoms with Crippen LogP contribution in [0.1, 0.15) is 22.6 Å². The molecule has 0 aromatic heterocycles. The maximum atomic E-state index is 12.9. The fourth-order valence-corrected chi connectivity index (χ4v) is 2.68. The van der Waals surface area contributed by atoms with E-state index in [4.69, 9.17) is 23.2 Å². The molecule has 1 atom stereocenters. The fourth-order valence-electron chi connectivity index (χ4n) is 2.08. The molecule has 0 radical (unpaired) electrons. The Balaban J connectivity index is 2.21. The predicted octanol–water partition coefficient (Wildman–Crippen LogP) is 5.35. The smallest absolute Gasteiger partial charge is 0.123 e. The third-order valence-corrected chi connectivity index (χ3v) is 3.93. The van der Waals surface area contributed by atoms with E-state index in [1.807, 2.05) is 25.1 Å². The van der Waals surface area contributed by atoms with E-state index in [-0.39, 0.29) is 11.7 Å². The van der Waals surface area contributed by atoms with Gasteiger partial charge in [0.15, 0.2) is 0 Å². The molecule has 2 aromatic carbocycles. The van der Waals surface area contributed by atoms with E-state index in [9.17, 15) is 4.39 Å². The minimum Gasteiger partial charge on any atom is -0.207 e. The second-order valence-corrected chi connectivity index (χ2v) is 5.42. The molecule has 0 aliphatic carbocycles. The summed E-state index contributed by atoms with van der Waals surface area (Å²) >= 11 is 12.3. The van der Waals surface area contributed by atoms with E-state index >= 15 is 0 Å². The second-order valence-electron chi connectivity index (χ2n) is 4.70. The number of hydrogen-bond acceptors (Lipinski definition) is 0. The van der Waals surface area contributed by atoms with Gasteiger partial charge >= 0.3 is 0 Å². The Morgan fingerprint density at radius 2 is 1.79 bits per heavy atom. The lowest BCUT2D eigenvalue weighted by Crippen LogP contribution is -2.05. The Labute approximate surface area is 123 Å². The topological polar surface area (TPSA) is 0 Å². The molecule has 0 spiro atoms. The van der Waals surface area contributed by atoms with Crippen LogP contribution in [0.15, 0.2) is 42.5 Å². The van der Waals surface area contributed by atoms with Crippen molar-refractivity contribution in [2.75, 3.05) is 5.88 Å². The Kier molecular flexibility index (Phi) is 4.84. The molecular weight excluding hydrogens is 282 g/mol. The highest BCUT2D eigenvalue weighted by molar-refractivity contribution is 6.31. The van der Waals surface area contributed by atoms with Crippen molar-refractivity contribution in [3.8, 4) is 0 Å². The zero-order valence-corrected chi connectivity index (χ0v) is 12.2. The Bertz CT molecular complexity index is 549. The monoisotopic (exact) mass is 296 g/mol. The number of alkyl halides is 1. The highest BCUT2D eigenvalue weighted by Gasteiger charge is 2.13. The van der Waals surface area contributed by atoms with Gasteiger partial charge < -0.3 is 0 Å². The van der Waals surface area contributed by atoms with Crippen LogP contribution in [0, 0.1) is 12.7 Å². The van der Waals surface area contributed by atoms with Crippen LogP contribution in [0.2, 0.25) is 5.02 Å². The molecule has 0 bridgehead atoms. The van der Waals surface area contributed by atoms with Crippen LogP contribution in [0.25, 0.3) is 0 Å². The summed E-state index contributed by atoms with van der Waals surface area (Å²) in [5.74, 6) is 0.392. The van der Waals surface area contributed by atoms with Crippen molar-refractivity contribution in [3.05, 3.63) is 70.0 Å². The first kappa shape index (κ1) is 14.4. The van der Waals surface area contributed by atoms with Gasteiger partial charge in [0.05, 0.1) is 0 Å². The molecule has 1 unspecified atom stereocenters. The lowest BCUT2D eigenvalue weighted by Gasteiger charge is -2.15. The maximum absolute atomic E-state index is 12.9. The quantitative estimate of drug-likeness (QED) is 0.667. The largest absolute Gasteiger partial charge is 0.207 e. The molecule has 0 saturated carbocycles. The van der Waals surface area contributed by atoms with E-state index < -0.39 is 0 Å². The third-order valence-electron chi connectivity index (χ3n) is 3.20.